The molecule has 0 unspecified atom stereocenters. The number of hydrogen-bond donors (Lipinski definition) is 1. The number of benzene rings is 3. The maximum atomic E-state index is 13.0. The first-order valence-electron chi connectivity index (χ1n) is 13.0. The Bertz CT molecular complexity index is 1400. The average Bonchev–Trinajstić information content (AvgIpc) is 3.35. The molecule has 0 atom stereocenters. The Morgan fingerprint density at radius 2 is 1.73 bits per heavy atom. The molecule has 5 rings (SSSR count). The summed E-state index contributed by atoms with van der Waals surface area (Å²) < 4.78 is 6.15. The van der Waals surface area contributed by atoms with Crippen LogP contribution in [-0.2, 0) is 19.4 Å². The highest BCUT2D eigenvalue weighted by atomic mass is 16.3. The van der Waals surface area contributed by atoms with Gasteiger partial charge < -0.3 is 14.6 Å². The number of aryl methyl sites for hydroxylation is 2. The minimum Gasteiger partial charge on any atom is -0.461 e. The Labute approximate surface area is 218 Å². The molecule has 188 valence electrons. The summed E-state index contributed by atoms with van der Waals surface area (Å²) in [4.78, 5) is 27.5. The van der Waals surface area contributed by atoms with Crippen LogP contribution in [0.3, 0.4) is 0 Å². The quantitative estimate of drug-likeness (QED) is 0.301. The molecule has 1 aliphatic heterocycles. The molecule has 5 heteroatoms. The second kappa shape index (κ2) is 10.9. The first-order chi connectivity index (χ1) is 18.0. The number of nitrogens with zero attached hydrogens (tertiary/aromatic N) is 1. The molecule has 0 saturated heterocycles. The van der Waals surface area contributed by atoms with Gasteiger partial charge in [0.1, 0.15) is 11.5 Å². The molecule has 0 radical (unpaired) electrons. The molecule has 0 aliphatic carbocycles. The maximum Gasteiger partial charge on any atom is 0.255 e. The number of furan rings is 1. The van der Waals surface area contributed by atoms with E-state index in [1.165, 1.54) is 5.56 Å². The topological polar surface area (TPSA) is 62.6 Å². The lowest BCUT2D eigenvalue weighted by Crippen LogP contribution is -2.35. The number of nitrogens with one attached hydrogen (secondary N) is 1. The molecular formula is C32H32N2O3. The molecule has 2 amide bonds. The van der Waals surface area contributed by atoms with Crippen LogP contribution < -0.4 is 5.32 Å². The number of rotatable bonds is 7. The summed E-state index contributed by atoms with van der Waals surface area (Å²) >= 11 is 0. The van der Waals surface area contributed by atoms with Gasteiger partial charge in [0.25, 0.3) is 11.8 Å². The van der Waals surface area contributed by atoms with E-state index in [-0.39, 0.29) is 11.8 Å². The molecule has 4 aromatic rings. The van der Waals surface area contributed by atoms with Crippen LogP contribution in [0.15, 0.2) is 83.3 Å². The van der Waals surface area contributed by atoms with Crippen molar-refractivity contribution in [1.82, 2.24) is 4.90 Å². The summed E-state index contributed by atoms with van der Waals surface area (Å²) in [7, 11) is 0. The maximum absolute atomic E-state index is 13.0. The molecule has 3 aromatic carbocycles. The fourth-order valence-electron chi connectivity index (χ4n) is 4.73. The van der Waals surface area contributed by atoms with Crippen LogP contribution in [0.25, 0.3) is 11.3 Å². The fraction of sp³-hybridized carbons (Fsp3) is 0.250. The first-order valence-corrected chi connectivity index (χ1v) is 13.0. The van der Waals surface area contributed by atoms with Gasteiger partial charge in [-0.2, -0.15) is 0 Å². The van der Waals surface area contributed by atoms with Crippen LogP contribution in [-0.4, -0.2) is 23.3 Å². The van der Waals surface area contributed by atoms with E-state index in [1.54, 1.807) is 0 Å². The Kier molecular flexibility index (Phi) is 7.22. The highest BCUT2D eigenvalue weighted by molar-refractivity contribution is 6.04. The Balaban J connectivity index is 1.23. The molecule has 1 aliphatic rings. The molecule has 0 fully saturated rings. The Hall–Kier alpha value is -4.12. The van der Waals surface area contributed by atoms with Gasteiger partial charge in [-0.15, -0.1) is 0 Å². The third kappa shape index (κ3) is 5.67. The number of amides is 2. The second-order valence-corrected chi connectivity index (χ2v) is 9.74. The summed E-state index contributed by atoms with van der Waals surface area (Å²) in [5, 5.41) is 2.97. The monoisotopic (exact) mass is 492 g/mol. The summed E-state index contributed by atoms with van der Waals surface area (Å²) in [6.45, 7) is 5.35. The van der Waals surface area contributed by atoms with Crippen molar-refractivity contribution in [2.75, 3.05) is 11.9 Å². The van der Waals surface area contributed by atoms with E-state index in [9.17, 15) is 9.59 Å². The summed E-state index contributed by atoms with van der Waals surface area (Å²) in [5.74, 6) is 1.63. The number of unbranched alkanes of at least 4 members (excludes halogenated alkanes) is 1. The van der Waals surface area contributed by atoms with Crippen LogP contribution in [0.5, 0.6) is 0 Å². The van der Waals surface area contributed by atoms with E-state index in [2.05, 4.69) is 12.2 Å². The third-order valence-corrected chi connectivity index (χ3v) is 6.88. The molecule has 1 aromatic heterocycles. The number of fused-ring (bicyclic) bond motifs is 1. The zero-order chi connectivity index (χ0) is 25.8. The van der Waals surface area contributed by atoms with Crippen LogP contribution in [0.1, 0.15) is 62.9 Å². The van der Waals surface area contributed by atoms with Crippen molar-refractivity contribution in [3.8, 4) is 11.3 Å². The molecular weight excluding hydrogens is 460 g/mol. The standard InChI is InChI=1S/C32H32N2O3/c1-3-4-7-23-9-11-25(12-10-23)31(35)33-28-15-13-24(14-16-28)30-20-27-21-34(18-17-29(27)37-30)32(36)26-8-5-6-22(2)19-26/h5-6,8-16,19-20H,3-4,7,17-18,21H2,1-2H3,(H,33,35). The van der Waals surface area contributed by atoms with E-state index < -0.39 is 0 Å². The van der Waals surface area contributed by atoms with Gasteiger partial charge in [0, 0.05) is 47.5 Å². The van der Waals surface area contributed by atoms with Crippen molar-refractivity contribution in [2.45, 2.75) is 46.1 Å². The van der Waals surface area contributed by atoms with Gasteiger partial charge in [-0.05, 0) is 79.9 Å². The molecule has 0 saturated carbocycles. The third-order valence-electron chi connectivity index (χ3n) is 6.88. The van der Waals surface area contributed by atoms with E-state index in [0.717, 1.165) is 58.7 Å². The molecule has 5 nitrogen and oxygen atoms in total. The smallest absolute Gasteiger partial charge is 0.255 e. The van der Waals surface area contributed by atoms with Crippen molar-refractivity contribution >= 4 is 17.5 Å². The van der Waals surface area contributed by atoms with Crippen molar-refractivity contribution in [3.05, 3.63) is 112 Å². The second-order valence-electron chi connectivity index (χ2n) is 9.74. The number of carbonyl (C=O) groups is 2. The summed E-state index contributed by atoms with van der Waals surface area (Å²) in [5.41, 5.74) is 6.41. The molecule has 37 heavy (non-hydrogen) atoms. The van der Waals surface area contributed by atoms with Gasteiger partial charge in [0.15, 0.2) is 0 Å². The van der Waals surface area contributed by atoms with E-state index in [1.807, 2.05) is 90.7 Å². The van der Waals surface area contributed by atoms with Crippen molar-refractivity contribution in [1.29, 1.82) is 0 Å². The van der Waals surface area contributed by atoms with E-state index in [0.29, 0.717) is 25.1 Å². The highest BCUT2D eigenvalue weighted by Crippen LogP contribution is 2.31. The van der Waals surface area contributed by atoms with Gasteiger partial charge in [0.05, 0.1) is 0 Å². The van der Waals surface area contributed by atoms with Crippen LogP contribution in [0.2, 0.25) is 0 Å². The minimum atomic E-state index is -0.123. The molecule has 2 heterocycles. The van der Waals surface area contributed by atoms with Gasteiger partial charge in [-0.25, -0.2) is 0 Å². The van der Waals surface area contributed by atoms with Crippen molar-refractivity contribution in [2.24, 2.45) is 0 Å². The lowest BCUT2D eigenvalue weighted by atomic mass is 10.1. The molecule has 1 N–H and O–H groups in total. The zero-order valence-electron chi connectivity index (χ0n) is 21.4. The largest absolute Gasteiger partial charge is 0.461 e. The van der Waals surface area contributed by atoms with Gasteiger partial charge in [0.2, 0.25) is 0 Å². The first kappa shape index (κ1) is 24.6. The van der Waals surface area contributed by atoms with Crippen molar-refractivity contribution < 1.29 is 14.0 Å². The highest BCUT2D eigenvalue weighted by Gasteiger charge is 2.25. The molecule has 0 spiro atoms. The zero-order valence-corrected chi connectivity index (χ0v) is 21.4. The van der Waals surface area contributed by atoms with Gasteiger partial charge >= 0.3 is 0 Å². The SMILES string of the molecule is CCCCc1ccc(C(=O)Nc2ccc(-c3cc4c(o3)CCN(C(=O)c3cccc(C)c3)C4)cc2)cc1. The fourth-order valence-corrected chi connectivity index (χ4v) is 4.73. The average molecular weight is 493 g/mol. The normalized spacial score (nSPS) is 12.8. The van der Waals surface area contributed by atoms with E-state index >= 15 is 0 Å². The van der Waals surface area contributed by atoms with Crippen LogP contribution in [0.4, 0.5) is 5.69 Å². The Morgan fingerprint density at radius 3 is 2.46 bits per heavy atom. The van der Waals surface area contributed by atoms with Crippen LogP contribution >= 0.6 is 0 Å². The molecule has 0 bridgehead atoms. The number of anilines is 1. The van der Waals surface area contributed by atoms with Crippen LogP contribution in [0, 0.1) is 6.92 Å². The van der Waals surface area contributed by atoms with Gasteiger partial charge in [-0.3, -0.25) is 9.59 Å². The Morgan fingerprint density at radius 1 is 0.946 bits per heavy atom. The lowest BCUT2D eigenvalue weighted by Gasteiger charge is -2.26. The predicted molar refractivity (Wildman–Crippen MR) is 147 cm³/mol. The summed E-state index contributed by atoms with van der Waals surface area (Å²) in [6, 6.07) is 25.2. The minimum absolute atomic E-state index is 0.0489. The summed E-state index contributed by atoms with van der Waals surface area (Å²) in [6.07, 6.45) is 4.04. The lowest BCUT2D eigenvalue weighted by molar-refractivity contribution is 0.0729. The van der Waals surface area contributed by atoms with E-state index in [4.69, 9.17) is 4.42 Å². The number of hydrogen-bond acceptors (Lipinski definition) is 3. The van der Waals surface area contributed by atoms with Gasteiger partial charge in [-0.1, -0.05) is 43.2 Å². The predicted octanol–water partition coefficient (Wildman–Crippen LogP) is 7.05. The van der Waals surface area contributed by atoms with Crippen molar-refractivity contribution in [3.63, 3.8) is 0 Å². The number of carbonyl (C=O) groups excluding carboxylic acids is 2.